The molecular formula is C12H19NO4. The van der Waals surface area contributed by atoms with Crippen molar-refractivity contribution in [3.8, 4) is 0 Å². The summed E-state index contributed by atoms with van der Waals surface area (Å²) in [5, 5.41) is 9.16. The first-order chi connectivity index (χ1) is 8.00. The van der Waals surface area contributed by atoms with Gasteiger partial charge in [-0.1, -0.05) is 6.92 Å². The Morgan fingerprint density at radius 1 is 1.24 bits per heavy atom. The van der Waals surface area contributed by atoms with E-state index in [1.165, 1.54) is 4.90 Å². The van der Waals surface area contributed by atoms with Crippen molar-refractivity contribution >= 4 is 11.9 Å². The number of carboxylic acids is 1. The summed E-state index contributed by atoms with van der Waals surface area (Å²) in [5.41, 5.74) is 0. The highest BCUT2D eigenvalue weighted by Gasteiger charge is 2.43. The number of ether oxygens (including phenoxy) is 1. The summed E-state index contributed by atoms with van der Waals surface area (Å²) in [4.78, 5) is 24.8. The highest BCUT2D eigenvalue weighted by atomic mass is 16.5. The number of hydrogen-bond acceptors (Lipinski definition) is 3. The van der Waals surface area contributed by atoms with Crippen LogP contribution in [0.4, 0.5) is 0 Å². The van der Waals surface area contributed by atoms with Crippen LogP contribution in [0.2, 0.25) is 0 Å². The fraction of sp³-hybridized carbons (Fsp3) is 0.833. The van der Waals surface area contributed by atoms with Crippen LogP contribution in [0.5, 0.6) is 0 Å². The number of nitrogens with zero attached hydrogens (tertiary/aromatic N) is 1. The quantitative estimate of drug-likeness (QED) is 0.779. The van der Waals surface area contributed by atoms with Crippen LogP contribution >= 0.6 is 0 Å². The lowest BCUT2D eigenvalue weighted by molar-refractivity contribution is -0.154. The largest absolute Gasteiger partial charge is 0.480 e. The van der Waals surface area contributed by atoms with Crippen molar-refractivity contribution in [1.82, 2.24) is 4.90 Å². The van der Waals surface area contributed by atoms with Crippen molar-refractivity contribution in [2.45, 2.75) is 51.4 Å². The van der Waals surface area contributed by atoms with Crippen LogP contribution in [0.1, 0.15) is 33.1 Å². The van der Waals surface area contributed by atoms with E-state index in [4.69, 9.17) is 9.84 Å². The third kappa shape index (κ3) is 2.29. The predicted molar refractivity (Wildman–Crippen MR) is 60.5 cm³/mol. The van der Waals surface area contributed by atoms with E-state index >= 15 is 0 Å². The van der Waals surface area contributed by atoms with Gasteiger partial charge >= 0.3 is 5.97 Å². The van der Waals surface area contributed by atoms with E-state index in [1.54, 1.807) is 0 Å². The summed E-state index contributed by atoms with van der Waals surface area (Å²) in [6.07, 6.45) is 2.00. The predicted octanol–water partition coefficient (Wildman–Crippen LogP) is 0.875. The van der Waals surface area contributed by atoms with Gasteiger partial charge in [0.05, 0.1) is 6.10 Å². The Morgan fingerprint density at radius 3 is 2.47 bits per heavy atom. The Labute approximate surface area is 101 Å². The molecule has 2 saturated heterocycles. The van der Waals surface area contributed by atoms with Crippen molar-refractivity contribution in [3.05, 3.63) is 0 Å². The minimum absolute atomic E-state index is 0.0234. The van der Waals surface area contributed by atoms with Gasteiger partial charge in [-0.15, -0.1) is 0 Å². The zero-order valence-corrected chi connectivity index (χ0v) is 10.3. The maximum atomic E-state index is 12.2. The summed E-state index contributed by atoms with van der Waals surface area (Å²) in [6.45, 7) is 4.35. The van der Waals surface area contributed by atoms with Gasteiger partial charge in [0.2, 0.25) is 0 Å². The monoisotopic (exact) mass is 241 g/mol. The number of amides is 1. The smallest absolute Gasteiger partial charge is 0.326 e. The fourth-order valence-corrected chi connectivity index (χ4v) is 2.74. The van der Waals surface area contributed by atoms with Gasteiger partial charge in [-0.2, -0.15) is 0 Å². The highest BCUT2D eigenvalue weighted by Crippen LogP contribution is 2.28. The van der Waals surface area contributed by atoms with E-state index in [-0.39, 0.29) is 17.9 Å². The second kappa shape index (κ2) is 4.64. The Balaban J connectivity index is 2.06. The van der Waals surface area contributed by atoms with Crippen LogP contribution in [0, 0.1) is 5.92 Å². The van der Waals surface area contributed by atoms with Crippen LogP contribution in [-0.4, -0.2) is 46.7 Å². The minimum Gasteiger partial charge on any atom is -0.480 e. The molecule has 0 aliphatic carbocycles. The third-order valence-electron chi connectivity index (χ3n) is 3.74. The summed E-state index contributed by atoms with van der Waals surface area (Å²) < 4.78 is 5.51. The van der Waals surface area contributed by atoms with Crippen LogP contribution in [0.25, 0.3) is 0 Å². The standard InChI is InChI=1S/C12H19NO4/c1-7-5-6-13(10(7)12(15)16)11(14)9-4-3-8(2)17-9/h7-10H,3-6H2,1-2H3,(H,15,16). The van der Waals surface area contributed by atoms with Crippen molar-refractivity contribution in [2.24, 2.45) is 5.92 Å². The molecule has 1 amide bonds. The van der Waals surface area contributed by atoms with E-state index in [0.29, 0.717) is 13.0 Å². The molecule has 0 aromatic heterocycles. The number of rotatable bonds is 2. The number of hydrogen-bond donors (Lipinski definition) is 1. The summed E-state index contributed by atoms with van der Waals surface area (Å²) >= 11 is 0. The number of aliphatic carboxylic acids is 1. The Bertz CT molecular complexity index is 330. The zero-order chi connectivity index (χ0) is 12.6. The van der Waals surface area contributed by atoms with Crippen LogP contribution in [0.15, 0.2) is 0 Å². The minimum atomic E-state index is -0.908. The molecule has 4 atom stereocenters. The molecule has 2 rings (SSSR count). The molecule has 4 unspecified atom stereocenters. The molecular weight excluding hydrogens is 222 g/mol. The molecule has 2 fully saturated rings. The molecule has 2 aliphatic rings. The maximum Gasteiger partial charge on any atom is 0.326 e. The molecule has 2 heterocycles. The van der Waals surface area contributed by atoms with Gasteiger partial charge in [0.15, 0.2) is 0 Å². The zero-order valence-electron chi connectivity index (χ0n) is 10.3. The van der Waals surface area contributed by atoms with Gasteiger partial charge in [0, 0.05) is 6.54 Å². The van der Waals surface area contributed by atoms with Crippen molar-refractivity contribution in [1.29, 1.82) is 0 Å². The van der Waals surface area contributed by atoms with Crippen LogP contribution in [0.3, 0.4) is 0 Å². The summed E-state index contributed by atoms with van der Waals surface area (Å²) in [5.74, 6) is -1.03. The SMILES string of the molecule is CC1CCC(C(=O)N2CCC(C)C2C(=O)O)O1. The van der Waals surface area contributed by atoms with Crippen molar-refractivity contribution in [2.75, 3.05) is 6.54 Å². The van der Waals surface area contributed by atoms with Gasteiger partial charge in [-0.25, -0.2) is 4.79 Å². The van der Waals surface area contributed by atoms with E-state index in [0.717, 1.165) is 12.8 Å². The molecule has 17 heavy (non-hydrogen) atoms. The van der Waals surface area contributed by atoms with Crippen molar-refractivity contribution in [3.63, 3.8) is 0 Å². The van der Waals surface area contributed by atoms with Gasteiger partial charge in [-0.3, -0.25) is 4.79 Å². The maximum absolute atomic E-state index is 12.2. The second-order valence-electron chi connectivity index (χ2n) is 5.09. The number of carbonyl (C=O) groups is 2. The van der Waals surface area contributed by atoms with E-state index in [9.17, 15) is 9.59 Å². The topological polar surface area (TPSA) is 66.8 Å². The molecule has 0 spiro atoms. The average molecular weight is 241 g/mol. The van der Waals surface area contributed by atoms with E-state index in [1.807, 2.05) is 13.8 Å². The molecule has 2 aliphatic heterocycles. The number of carboxylic acid groups (broad SMARTS) is 1. The molecule has 5 heteroatoms. The lowest BCUT2D eigenvalue weighted by atomic mass is 10.0. The van der Waals surface area contributed by atoms with Crippen molar-refractivity contribution < 1.29 is 19.4 Å². The first kappa shape index (κ1) is 12.4. The Hall–Kier alpha value is -1.10. The first-order valence-corrected chi connectivity index (χ1v) is 6.19. The van der Waals surface area contributed by atoms with Gasteiger partial charge in [0.25, 0.3) is 5.91 Å². The summed E-state index contributed by atoms with van der Waals surface area (Å²) in [7, 11) is 0. The van der Waals surface area contributed by atoms with Crippen LogP contribution in [-0.2, 0) is 14.3 Å². The molecule has 0 aromatic rings. The lowest BCUT2D eigenvalue weighted by Crippen LogP contribution is -2.47. The molecule has 0 aromatic carbocycles. The molecule has 5 nitrogen and oxygen atoms in total. The molecule has 0 bridgehead atoms. The molecule has 96 valence electrons. The van der Waals surface area contributed by atoms with E-state index < -0.39 is 18.1 Å². The summed E-state index contributed by atoms with van der Waals surface area (Å²) in [6, 6.07) is -0.679. The van der Waals surface area contributed by atoms with Gasteiger partial charge < -0.3 is 14.7 Å². The number of carbonyl (C=O) groups excluding carboxylic acids is 1. The molecule has 0 saturated carbocycles. The lowest BCUT2D eigenvalue weighted by Gasteiger charge is -2.26. The average Bonchev–Trinajstić information content (AvgIpc) is 2.83. The highest BCUT2D eigenvalue weighted by molar-refractivity contribution is 5.87. The molecule has 0 radical (unpaired) electrons. The third-order valence-corrected chi connectivity index (χ3v) is 3.74. The molecule has 1 N–H and O–H groups in total. The number of likely N-dealkylation sites (tertiary alicyclic amines) is 1. The first-order valence-electron chi connectivity index (χ1n) is 6.19. The normalized spacial score (nSPS) is 37.4. The van der Waals surface area contributed by atoms with Gasteiger partial charge in [-0.05, 0) is 32.1 Å². The Morgan fingerprint density at radius 2 is 1.94 bits per heavy atom. The fourth-order valence-electron chi connectivity index (χ4n) is 2.74. The second-order valence-corrected chi connectivity index (χ2v) is 5.09. The van der Waals surface area contributed by atoms with Gasteiger partial charge in [0.1, 0.15) is 12.1 Å². The Kier molecular flexibility index (Phi) is 3.38. The van der Waals surface area contributed by atoms with E-state index in [2.05, 4.69) is 0 Å². The van der Waals surface area contributed by atoms with Crippen LogP contribution < -0.4 is 0 Å².